The lowest BCUT2D eigenvalue weighted by atomic mass is 10.2. The van der Waals surface area contributed by atoms with E-state index in [0.717, 1.165) is 20.7 Å². The third-order valence-electron chi connectivity index (χ3n) is 2.17. The van der Waals surface area contributed by atoms with Crippen LogP contribution in [0.3, 0.4) is 0 Å². The van der Waals surface area contributed by atoms with Crippen LogP contribution in [0.25, 0.3) is 10.6 Å². The minimum Gasteiger partial charge on any atom is -0.240 e. The maximum Gasteiger partial charge on any atom is 0.124 e. The van der Waals surface area contributed by atoms with E-state index >= 15 is 0 Å². The molecule has 0 N–H and O–H groups in total. The van der Waals surface area contributed by atoms with Gasteiger partial charge in [0, 0.05) is 15.4 Å². The van der Waals surface area contributed by atoms with Crippen LogP contribution in [0.1, 0.15) is 11.3 Å². The maximum absolute atomic E-state index is 8.60. The first-order valence-corrected chi connectivity index (χ1v) is 6.46. The van der Waals surface area contributed by atoms with Gasteiger partial charge in [0.25, 0.3) is 0 Å². The van der Waals surface area contributed by atoms with Crippen LogP contribution in [0, 0.1) is 18.3 Å². The molecule has 16 heavy (non-hydrogen) atoms. The number of hydrogen-bond acceptors (Lipinski definition) is 3. The van der Waals surface area contributed by atoms with Crippen molar-refractivity contribution in [1.29, 1.82) is 5.26 Å². The monoisotopic (exact) mass is 292 g/mol. The van der Waals surface area contributed by atoms with Crippen molar-refractivity contribution in [1.82, 2.24) is 4.98 Å². The quantitative estimate of drug-likeness (QED) is 0.840. The number of rotatable bonds is 2. The van der Waals surface area contributed by atoms with Gasteiger partial charge in [-0.15, -0.1) is 11.3 Å². The molecule has 0 fully saturated rings. The van der Waals surface area contributed by atoms with Gasteiger partial charge in [-0.05, 0) is 18.6 Å². The van der Waals surface area contributed by atoms with Gasteiger partial charge in [-0.1, -0.05) is 28.1 Å². The minimum absolute atomic E-state index is 0.375. The van der Waals surface area contributed by atoms with Gasteiger partial charge in [-0.3, -0.25) is 0 Å². The zero-order chi connectivity index (χ0) is 11.5. The fraction of sp³-hybridized carbons (Fsp3) is 0.167. The average molecular weight is 293 g/mol. The summed E-state index contributed by atoms with van der Waals surface area (Å²) in [5.74, 6) is 0. The summed E-state index contributed by atoms with van der Waals surface area (Å²) in [6.45, 7) is 2.05. The van der Waals surface area contributed by atoms with E-state index in [2.05, 4.69) is 52.1 Å². The molecule has 1 heterocycles. The highest BCUT2D eigenvalue weighted by Gasteiger charge is 2.08. The number of hydrogen-bond donors (Lipinski definition) is 0. The Hall–Kier alpha value is -1.18. The molecule has 80 valence electrons. The first kappa shape index (κ1) is 11.3. The van der Waals surface area contributed by atoms with Gasteiger partial charge in [0.05, 0.1) is 18.2 Å². The molecular formula is C12H9BrN2S. The zero-order valence-electron chi connectivity index (χ0n) is 8.70. The molecule has 0 aliphatic rings. The Morgan fingerprint density at radius 3 is 3.00 bits per heavy atom. The van der Waals surface area contributed by atoms with E-state index in [1.807, 2.05) is 5.38 Å². The standard InChI is InChI=1S/C12H9BrN2S/c1-8-2-3-10(11(13)6-8)12-15-9(4-5-14)7-16-12/h2-3,6-7H,4H2,1H3. The van der Waals surface area contributed by atoms with Crippen LogP contribution in [0.5, 0.6) is 0 Å². The predicted molar refractivity (Wildman–Crippen MR) is 69.3 cm³/mol. The molecule has 0 atom stereocenters. The number of nitrogens with zero attached hydrogens (tertiary/aromatic N) is 2. The smallest absolute Gasteiger partial charge is 0.124 e. The van der Waals surface area contributed by atoms with Crippen molar-refractivity contribution >= 4 is 27.3 Å². The Morgan fingerprint density at radius 2 is 2.31 bits per heavy atom. The Bertz CT molecular complexity index is 554. The van der Waals surface area contributed by atoms with Crippen molar-refractivity contribution in [3.05, 3.63) is 39.3 Å². The summed E-state index contributed by atoms with van der Waals surface area (Å²) in [7, 11) is 0. The number of benzene rings is 1. The maximum atomic E-state index is 8.60. The van der Waals surface area contributed by atoms with E-state index in [1.165, 1.54) is 5.56 Å². The van der Waals surface area contributed by atoms with Crippen molar-refractivity contribution in [3.63, 3.8) is 0 Å². The minimum atomic E-state index is 0.375. The highest BCUT2D eigenvalue weighted by Crippen LogP contribution is 2.31. The van der Waals surface area contributed by atoms with Gasteiger partial charge < -0.3 is 0 Å². The summed E-state index contributed by atoms with van der Waals surface area (Å²) in [6.07, 6.45) is 0.375. The summed E-state index contributed by atoms with van der Waals surface area (Å²) in [5, 5.41) is 11.5. The Labute approximate surface area is 107 Å². The summed E-state index contributed by atoms with van der Waals surface area (Å²) >= 11 is 5.10. The van der Waals surface area contributed by atoms with Crippen LogP contribution in [0.15, 0.2) is 28.1 Å². The average Bonchev–Trinajstić information content (AvgIpc) is 2.67. The topological polar surface area (TPSA) is 36.7 Å². The molecule has 1 aromatic carbocycles. The summed E-state index contributed by atoms with van der Waals surface area (Å²) < 4.78 is 1.05. The molecule has 0 saturated heterocycles. The molecule has 2 aromatic rings. The van der Waals surface area contributed by atoms with Crippen LogP contribution in [0.4, 0.5) is 0 Å². The number of aromatic nitrogens is 1. The van der Waals surface area contributed by atoms with E-state index in [4.69, 9.17) is 5.26 Å². The summed E-state index contributed by atoms with van der Waals surface area (Å²) in [5.41, 5.74) is 3.14. The lowest BCUT2D eigenvalue weighted by molar-refractivity contribution is 1.16. The van der Waals surface area contributed by atoms with Crippen LogP contribution < -0.4 is 0 Å². The van der Waals surface area contributed by atoms with E-state index in [9.17, 15) is 0 Å². The molecule has 0 saturated carbocycles. The number of nitriles is 1. The SMILES string of the molecule is Cc1ccc(-c2nc(CC#N)cs2)c(Br)c1. The van der Waals surface area contributed by atoms with E-state index in [-0.39, 0.29) is 0 Å². The molecule has 4 heteroatoms. The summed E-state index contributed by atoms with van der Waals surface area (Å²) in [6, 6.07) is 8.29. The molecular weight excluding hydrogens is 284 g/mol. The van der Waals surface area contributed by atoms with Gasteiger partial charge in [-0.25, -0.2) is 4.98 Å². The molecule has 2 nitrogen and oxygen atoms in total. The molecule has 0 spiro atoms. The third kappa shape index (κ3) is 2.31. The lowest BCUT2D eigenvalue weighted by Gasteiger charge is -2.01. The number of thiazole rings is 1. The third-order valence-corrected chi connectivity index (χ3v) is 3.75. The van der Waals surface area contributed by atoms with Crippen LogP contribution in [0.2, 0.25) is 0 Å². The molecule has 0 amide bonds. The van der Waals surface area contributed by atoms with Crippen molar-refractivity contribution in [3.8, 4) is 16.6 Å². The summed E-state index contributed by atoms with van der Waals surface area (Å²) in [4.78, 5) is 4.43. The molecule has 0 aliphatic heterocycles. The first-order chi connectivity index (χ1) is 7.70. The number of halogens is 1. The largest absolute Gasteiger partial charge is 0.240 e. The molecule has 2 rings (SSSR count). The van der Waals surface area contributed by atoms with Gasteiger partial charge in [0.1, 0.15) is 5.01 Å². The predicted octanol–water partition coefficient (Wildman–Crippen LogP) is 3.95. The fourth-order valence-electron chi connectivity index (χ4n) is 1.39. The van der Waals surface area contributed by atoms with Crippen molar-refractivity contribution in [2.75, 3.05) is 0 Å². The van der Waals surface area contributed by atoms with E-state index in [0.29, 0.717) is 6.42 Å². The van der Waals surface area contributed by atoms with Crippen molar-refractivity contribution in [2.45, 2.75) is 13.3 Å². The Kier molecular flexibility index (Phi) is 3.37. The molecule has 0 unspecified atom stereocenters. The van der Waals surface area contributed by atoms with Gasteiger partial charge in [-0.2, -0.15) is 5.26 Å². The normalized spacial score (nSPS) is 10.1. The second-order valence-electron chi connectivity index (χ2n) is 3.46. The molecule has 0 bridgehead atoms. The molecule has 0 aliphatic carbocycles. The highest BCUT2D eigenvalue weighted by molar-refractivity contribution is 9.10. The van der Waals surface area contributed by atoms with Gasteiger partial charge in [0.2, 0.25) is 0 Å². The van der Waals surface area contributed by atoms with E-state index < -0.39 is 0 Å². The van der Waals surface area contributed by atoms with Crippen molar-refractivity contribution < 1.29 is 0 Å². The van der Waals surface area contributed by atoms with Gasteiger partial charge >= 0.3 is 0 Å². The van der Waals surface area contributed by atoms with Crippen molar-refractivity contribution in [2.24, 2.45) is 0 Å². The van der Waals surface area contributed by atoms with Crippen LogP contribution in [-0.4, -0.2) is 4.98 Å². The van der Waals surface area contributed by atoms with E-state index in [1.54, 1.807) is 11.3 Å². The second kappa shape index (κ2) is 4.77. The lowest BCUT2D eigenvalue weighted by Crippen LogP contribution is -1.83. The van der Waals surface area contributed by atoms with Crippen LogP contribution >= 0.6 is 27.3 Å². The second-order valence-corrected chi connectivity index (χ2v) is 5.17. The Morgan fingerprint density at radius 1 is 1.50 bits per heavy atom. The first-order valence-electron chi connectivity index (χ1n) is 4.78. The zero-order valence-corrected chi connectivity index (χ0v) is 11.1. The van der Waals surface area contributed by atoms with Crippen LogP contribution in [-0.2, 0) is 6.42 Å². The molecule has 1 aromatic heterocycles. The highest BCUT2D eigenvalue weighted by atomic mass is 79.9. The number of aryl methyl sites for hydroxylation is 1. The fourth-order valence-corrected chi connectivity index (χ4v) is 3.06. The Balaban J connectivity index is 2.39. The molecule has 0 radical (unpaired) electrons. The van der Waals surface area contributed by atoms with Gasteiger partial charge in [0.15, 0.2) is 0 Å².